The highest BCUT2D eigenvalue weighted by molar-refractivity contribution is 6.51. The van der Waals surface area contributed by atoms with Gasteiger partial charge in [0.25, 0.3) is 17.4 Å². The van der Waals surface area contributed by atoms with E-state index in [0.717, 1.165) is 23.1 Å². The maximum atomic E-state index is 13.4. The van der Waals surface area contributed by atoms with Gasteiger partial charge in [-0.1, -0.05) is 12.1 Å². The molecule has 9 heteroatoms. The second-order valence-electron chi connectivity index (χ2n) is 6.90. The summed E-state index contributed by atoms with van der Waals surface area (Å²) < 4.78 is 19.1. The number of benzene rings is 2. The maximum absolute atomic E-state index is 13.4. The van der Waals surface area contributed by atoms with Crippen LogP contribution in [-0.4, -0.2) is 21.7 Å². The number of carbonyl (C=O) groups excluding carboxylic acids is 2. The van der Waals surface area contributed by atoms with Crippen LogP contribution in [0.1, 0.15) is 23.1 Å². The fourth-order valence-corrected chi connectivity index (χ4v) is 3.49. The Hall–Kier alpha value is -4.27. The van der Waals surface area contributed by atoms with Crippen LogP contribution in [0.4, 0.5) is 15.8 Å². The van der Waals surface area contributed by atoms with Gasteiger partial charge < -0.3 is 9.52 Å². The molecule has 0 bridgehead atoms. The monoisotopic (exact) mass is 422 g/mol. The number of rotatable bonds is 4. The largest absolute Gasteiger partial charge is 0.507 e. The van der Waals surface area contributed by atoms with Crippen LogP contribution in [0, 0.1) is 22.9 Å². The molecule has 2 aromatic carbocycles. The third-order valence-electron chi connectivity index (χ3n) is 4.91. The number of nitrogens with zero attached hydrogens (tertiary/aromatic N) is 2. The van der Waals surface area contributed by atoms with Gasteiger partial charge in [0.05, 0.1) is 10.5 Å². The highest BCUT2D eigenvalue weighted by atomic mass is 19.1. The summed E-state index contributed by atoms with van der Waals surface area (Å²) in [4.78, 5) is 37.4. The Labute approximate surface area is 175 Å². The first-order valence-electron chi connectivity index (χ1n) is 9.15. The van der Waals surface area contributed by atoms with Crippen LogP contribution < -0.4 is 4.90 Å². The van der Waals surface area contributed by atoms with Gasteiger partial charge in [0.15, 0.2) is 0 Å². The summed E-state index contributed by atoms with van der Waals surface area (Å²) in [6, 6.07) is 12.1. The van der Waals surface area contributed by atoms with Crippen LogP contribution in [0.5, 0.6) is 0 Å². The normalized spacial score (nSPS) is 17.9. The smallest absolute Gasteiger partial charge is 0.300 e. The van der Waals surface area contributed by atoms with Gasteiger partial charge in [-0.2, -0.15) is 0 Å². The second kappa shape index (κ2) is 7.52. The summed E-state index contributed by atoms with van der Waals surface area (Å²) in [5.74, 6) is -2.33. The average Bonchev–Trinajstić information content (AvgIpc) is 3.29. The molecule has 0 spiro atoms. The number of aliphatic hydroxyl groups excluding tert-OH is 1. The first-order chi connectivity index (χ1) is 14.8. The molecule has 1 atom stereocenters. The third-order valence-corrected chi connectivity index (χ3v) is 4.91. The molecular weight excluding hydrogens is 407 g/mol. The molecule has 0 aliphatic carbocycles. The van der Waals surface area contributed by atoms with E-state index in [9.17, 15) is 29.2 Å². The van der Waals surface area contributed by atoms with E-state index in [1.54, 1.807) is 19.1 Å². The summed E-state index contributed by atoms with van der Waals surface area (Å²) in [6.07, 6.45) is 0. The number of furan rings is 1. The van der Waals surface area contributed by atoms with Gasteiger partial charge in [-0.05, 0) is 43.3 Å². The van der Waals surface area contributed by atoms with Crippen LogP contribution in [0.15, 0.2) is 70.7 Å². The fraction of sp³-hybridized carbons (Fsp3) is 0.0909. The lowest BCUT2D eigenvalue weighted by Gasteiger charge is -2.23. The minimum atomic E-state index is -1.14. The van der Waals surface area contributed by atoms with Crippen LogP contribution in [-0.2, 0) is 9.59 Å². The molecule has 0 saturated carbocycles. The SMILES string of the molecule is Cc1ccc(C2/C(=C(/O)c3cccc([N+](=O)[O-])c3)C(=O)C(=O)N2c2ccc(F)cc2)o1. The molecule has 1 unspecified atom stereocenters. The van der Waals surface area contributed by atoms with E-state index in [4.69, 9.17) is 4.42 Å². The molecule has 1 N–H and O–H groups in total. The van der Waals surface area contributed by atoms with Gasteiger partial charge in [0.1, 0.15) is 29.1 Å². The number of nitro groups is 1. The summed E-state index contributed by atoms with van der Waals surface area (Å²) in [5.41, 5.74) is -0.355. The summed E-state index contributed by atoms with van der Waals surface area (Å²) >= 11 is 0. The minimum absolute atomic E-state index is 0.000385. The number of hydrogen-bond acceptors (Lipinski definition) is 6. The van der Waals surface area contributed by atoms with Gasteiger partial charge in [-0.3, -0.25) is 24.6 Å². The molecule has 31 heavy (non-hydrogen) atoms. The standard InChI is InChI=1S/C22H15FN2O6/c1-12-5-10-17(31-12)19-18(20(26)13-3-2-4-16(11-13)25(29)30)21(27)22(28)24(19)15-8-6-14(23)7-9-15/h2-11,19,26H,1H3/b20-18-. The van der Waals surface area contributed by atoms with Gasteiger partial charge in [0.2, 0.25) is 0 Å². The van der Waals surface area contributed by atoms with E-state index >= 15 is 0 Å². The summed E-state index contributed by atoms with van der Waals surface area (Å²) in [7, 11) is 0. The molecule has 2 heterocycles. The van der Waals surface area contributed by atoms with Crippen molar-refractivity contribution in [2.75, 3.05) is 4.90 Å². The van der Waals surface area contributed by atoms with Crippen LogP contribution in [0.2, 0.25) is 0 Å². The predicted molar refractivity (Wildman–Crippen MR) is 108 cm³/mol. The lowest BCUT2D eigenvalue weighted by molar-refractivity contribution is -0.384. The number of Topliss-reactive ketones (excluding diaryl/α,β-unsaturated/α-hetero) is 1. The highest BCUT2D eigenvalue weighted by Crippen LogP contribution is 2.42. The zero-order valence-electron chi connectivity index (χ0n) is 16.1. The Kier molecular flexibility index (Phi) is 4.86. The second-order valence-corrected chi connectivity index (χ2v) is 6.90. The fourth-order valence-electron chi connectivity index (χ4n) is 3.49. The molecule has 1 fully saturated rings. The van der Waals surface area contributed by atoms with Crippen molar-refractivity contribution in [1.82, 2.24) is 0 Å². The number of ketones is 1. The minimum Gasteiger partial charge on any atom is -0.507 e. The summed E-state index contributed by atoms with van der Waals surface area (Å²) in [6.45, 7) is 1.67. The molecule has 0 radical (unpaired) electrons. The Bertz CT molecular complexity index is 1240. The number of hydrogen-bond donors (Lipinski definition) is 1. The number of nitro benzene ring substituents is 1. The third kappa shape index (κ3) is 3.46. The number of carbonyl (C=O) groups is 2. The highest BCUT2D eigenvalue weighted by Gasteiger charge is 2.48. The van der Waals surface area contributed by atoms with Gasteiger partial charge in [0, 0.05) is 23.4 Å². The zero-order chi connectivity index (χ0) is 22.3. The van der Waals surface area contributed by atoms with Gasteiger partial charge >= 0.3 is 0 Å². The number of amides is 1. The maximum Gasteiger partial charge on any atom is 0.300 e. The number of aryl methyl sites for hydroxylation is 1. The van der Waals surface area contributed by atoms with E-state index in [-0.39, 0.29) is 28.3 Å². The van der Waals surface area contributed by atoms with Crippen molar-refractivity contribution in [2.45, 2.75) is 13.0 Å². The molecule has 8 nitrogen and oxygen atoms in total. The zero-order valence-corrected chi connectivity index (χ0v) is 16.1. The van der Waals surface area contributed by atoms with E-state index in [2.05, 4.69) is 0 Å². The first-order valence-corrected chi connectivity index (χ1v) is 9.15. The van der Waals surface area contributed by atoms with Crippen molar-refractivity contribution >= 4 is 28.8 Å². The van der Waals surface area contributed by atoms with Crippen LogP contribution in [0.3, 0.4) is 0 Å². The topological polar surface area (TPSA) is 114 Å². The molecule has 1 aromatic heterocycles. The molecular formula is C22H15FN2O6. The Morgan fingerprint density at radius 3 is 2.45 bits per heavy atom. The molecule has 1 aliphatic rings. The predicted octanol–water partition coefficient (Wildman–Crippen LogP) is 4.26. The quantitative estimate of drug-likeness (QED) is 0.221. The van der Waals surface area contributed by atoms with Crippen molar-refractivity contribution in [3.05, 3.63) is 99.3 Å². The van der Waals surface area contributed by atoms with Crippen molar-refractivity contribution in [1.29, 1.82) is 0 Å². The molecule has 3 aromatic rings. The summed E-state index contributed by atoms with van der Waals surface area (Å²) in [5, 5.41) is 22.0. The van der Waals surface area contributed by atoms with Gasteiger partial charge in [-0.15, -0.1) is 0 Å². The lowest BCUT2D eigenvalue weighted by atomic mass is 9.99. The van der Waals surface area contributed by atoms with Crippen molar-refractivity contribution in [3.8, 4) is 0 Å². The van der Waals surface area contributed by atoms with Crippen LogP contribution >= 0.6 is 0 Å². The molecule has 1 aliphatic heterocycles. The van der Waals surface area contributed by atoms with Crippen molar-refractivity contribution in [3.63, 3.8) is 0 Å². The van der Waals surface area contributed by atoms with Crippen molar-refractivity contribution in [2.24, 2.45) is 0 Å². The van der Waals surface area contributed by atoms with Crippen molar-refractivity contribution < 1.29 is 28.4 Å². The molecule has 156 valence electrons. The molecule has 1 saturated heterocycles. The lowest BCUT2D eigenvalue weighted by Crippen LogP contribution is -2.29. The number of anilines is 1. The van der Waals surface area contributed by atoms with Crippen LogP contribution in [0.25, 0.3) is 5.76 Å². The molecule has 1 amide bonds. The Morgan fingerprint density at radius 2 is 1.84 bits per heavy atom. The Balaban J connectivity index is 1.93. The Morgan fingerprint density at radius 1 is 1.13 bits per heavy atom. The van der Waals surface area contributed by atoms with E-state index < -0.39 is 34.2 Å². The van der Waals surface area contributed by atoms with Gasteiger partial charge in [-0.25, -0.2) is 4.39 Å². The first kappa shape index (κ1) is 20.0. The van der Waals surface area contributed by atoms with E-state index in [1.165, 1.54) is 30.3 Å². The average molecular weight is 422 g/mol. The van der Waals surface area contributed by atoms with E-state index in [0.29, 0.717) is 5.76 Å². The number of non-ortho nitro benzene ring substituents is 1. The van der Waals surface area contributed by atoms with E-state index in [1.807, 2.05) is 0 Å². The number of aliphatic hydroxyl groups is 1. The number of halogens is 1. The molecule has 4 rings (SSSR count).